The number of rotatable bonds is 3. The fourth-order valence-corrected chi connectivity index (χ4v) is 2.12. The van der Waals surface area contributed by atoms with Crippen LogP contribution in [0.3, 0.4) is 0 Å². The van der Waals surface area contributed by atoms with Gasteiger partial charge in [-0.25, -0.2) is 0 Å². The quantitative estimate of drug-likeness (QED) is 0.906. The van der Waals surface area contributed by atoms with E-state index in [0.717, 1.165) is 20.9 Å². The van der Waals surface area contributed by atoms with Crippen LogP contribution in [-0.4, -0.2) is 10.1 Å². The third-order valence-electron chi connectivity index (χ3n) is 2.37. The van der Waals surface area contributed by atoms with Gasteiger partial charge in [-0.15, -0.1) is 0 Å². The van der Waals surface area contributed by atoms with Crippen molar-refractivity contribution >= 4 is 31.9 Å². The predicted octanol–water partition coefficient (Wildman–Crippen LogP) is 3.67. The minimum atomic E-state index is -0.182. The lowest BCUT2D eigenvalue weighted by Gasteiger charge is -2.00. The molecule has 1 unspecified atom stereocenters. The number of halogens is 2. The molecule has 6 heteroatoms. The van der Waals surface area contributed by atoms with E-state index in [2.05, 4.69) is 42.0 Å². The number of nitrogens with zero attached hydrogens (tertiary/aromatic N) is 2. The van der Waals surface area contributed by atoms with Crippen molar-refractivity contribution < 1.29 is 4.52 Å². The zero-order valence-electron chi connectivity index (χ0n) is 9.15. The van der Waals surface area contributed by atoms with Crippen LogP contribution in [0.1, 0.15) is 25.2 Å². The van der Waals surface area contributed by atoms with Gasteiger partial charge in [0.15, 0.2) is 5.82 Å². The smallest absolute Gasteiger partial charge is 0.259 e. The highest BCUT2D eigenvalue weighted by molar-refractivity contribution is 9.11. The summed E-state index contributed by atoms with van der Waals surface area (Å²) in [5.74, 6) is 1.01. The van der Waals surface area contributed by atoms with Gasteiger partial charge >= 0.3 is 0 Å². The van der Waals surface area contributed by atoms with Crippen molar-refractivity contribution in [3.63, 3.8) is 0 Å². The third kappa shape index (κ3) is 2.75. The summed E-state index contributed by atoms with van der Waals surface area (Å²) in [5.41, 5.74) is 6.70. The lowest BCUT2D eigenvalue weighted by Crippen LogP contribution is -2.10. The first kappa shape index (κ1) is 12.7. The fraction of sp³-hybridized carbons (Fsp3) is 0.273. The molecule has 1 atom stereocenters. The van der Waals surface area contributed by atoms with Gasteiger partial charge in [-0.1, -0.05) is 28.0 Å². The predicted molar refractivity (Wildman–Crippen MR) is 72.4 cm³/mol. The molecule has 2 aromatic rings. The van der Waals surface area contributed by atoms with Crippen LogP contribution in [0, 0.1) is 0 Å². The first-order valence-corrected chi connectivity index (χ1v) is 6.75. The van der Waals surface area contributed by atoms with Crippen molar-refractivity contribution in [2.24, 2.45) is 5.73 Å². The van der Waals surface area contributed by atoms with Gasteiger partial charge in [-0.3, -0.25) is 0 Å². The number of benzene rings is 1. The third-order valence-corrected chi connectivity index (χ3v) is 3.56. The fourth-order valence-electron chi connectivity index (χ4n) is 1.34. The van der Waals surface area contributed by atoms with Gasteiger partial charge in [0, 0.05) is 8.95 Å². The van der Waals surface area contributed by atoms with E-state index in [-0.39, 0.29) is 6.04 Å². The summed E-state index contributed by atoms with van der Waals surface area (Å²) in [6.07, 6.45) is 0.776. The Hall–Kier alpha value is -0.720. The molecule has 1 aromatic carbocycles. The molecule has 0 aliphatic rings. The van der Waals surface area contributed by atoms with Crippen molar-refractivity contribution in [3.8, 4) is 11.5 Å². The summed E-state index contributed by atoms with van der Waals surface area (Å²) in [7, 11) is 0. The summed E-state index contributed by atoms with van der Waals surface area (Å²) in [5, 5.41) is 3.89. The molecule has 0 spiro atoms. The summed E-state index contributed by atoms with van der Waals surface area (Å²) in [4.78, 5) is 4.30. The molecule has 0 aliphatic heterocycles. The first-order chi connectivity index (χ1) is 8.11. The van der Waals surface area contributed by atoms with E-state index in [1.807, 2.05) is 25.1 Å². The van der Waals surface area contributed by atoms with E-state index < -0.39 is 0 Å². The maximum atomic E-state index is 5.85. The van der Waals surface area contributed by atoms with E-state index in [0.29, 0.717) is 11.7 Å². The normalized spacial score (nSPS) is 12.7. The highest BCUT2D eigenvalue weighted by Gasteiger charge is 2.15. The molecule has 90 valence electrons. The van der Waals surface area contributed by atoms with Crippen molar-refractivity contribution in [1.29, 1.82) is 0 Å². The Bertz CT molecular complexity index is 527. The Labute approximate surface area is 116 Å². The Morgan fingerprint density at radius 3 is 2.88 bits per heavy atom. The Balaban J connectivity index is 2.40. The average molecular weight is 361 g/mol. The van der Waals surface area contributed by atoms with Gasteiger partial charge in [0.1, 0.15) is 0 Å². The average Bonchev–Trinajstić information content (AvgIpc) is 2.80. The maximum absolute atomic E-state index is 5.85. The lowest BCUT2D eigenvalue weighted by molar-refractivity contribution is 0.415. The number of hydrogen-bond acceptors (Lipinski definition) is 4. The van der Waals surface area contributed by atoms with E-state index in [9.17, 15) is 0 Å². The van der Waals surface area contributed by atoms with Crippen molar-refractivity contribution in [1.82, 2.24) is 10.1 Å². The summed E-state index contributed by atoms with van der Waals surface area (Å²) < 4.78 is 7.08. The van der Waals surface area contributed by atoms with Crippen LogP contribution in [0.25, 0.3) is 11.5 Å². The second-order valence-corrected chi connectivity index (χ2v) is 5.37. The minimum Gasteiger partial charge on any atom is -0.334 e. The molecular formula is C11H11Br2N3O. The van der Waals surface area contributed by atoms with Crippen LogP contribution in [0.2, 0.25) is 0 Å². The molecule has 0 saturated carbocycles. The second-order valence-electron chi connectivity index (χ2n) is 3.60. The highest BCUT2D eigenvalue weighted by atomic mass is 79.9. The van der Waals surface area contributed by atoms with Gasteiger partial charge < -0.3 is 10.3 Å². The molecule has 0 amide bonds. The van der Waals surface area contributed by atoms with Gasteiger partial charge in [0.05, 0.1) is 11.6 Å². The van der Waals surface area contributed by atoms with Crippen LogP contribution >= 0.6 is 31.9 Å². The Morgan fingerprint density at radius 1 is 1.41 bits per heavy atom. The summed E-state index contributed by atoms with van der Waals surface area (Å²) >= 11 is 6.86. The highest BCUT2D eigenvalue weighted by Crippen LogP contribution is 2.30. The van der Waals surface area contributed by atoms with Crippen molar-refractivity contribution in [2.45, 2.75) is 19.4 Å². The SMILES string of the molecule is CCC(N)c1noc(-c2cc(Br)ccc2Br)n1. The molecule has 0 radical (unpaired) electrons. The van der Waals surface area contributed by atoms with E-state index in [4.69, 9.17) is 10.3 Å². The molecular weight excluding hydrogens is 350 g/mol. The Kier molecular flexibility index (Phi) is 3.96. The van der Waals surface area contributed by atoms with Gasteiger partial charge in [0.2, 0.25) is 0 Å². The number of hydrogen-bond donors (Lipinski definition) is 1. The molecule has 0 bridgehead atoms. The van der Waals surface area contributed by atoms with Gasteiger partial charge in [-0.2, -0.15) is 4.98 Å². The summed E-state index contributed by atoms with van der Waals surface area (Å²) in [6.45, 7) is 1.98. The number of aromatic nitrogens is 2. The maximum Gasteiger partial charge on any atom is 0.259 e. The minimum absolute atomic E-state index is 0.182. The molecule has 1 heterocycles. The zero-order valence-corrected chi connectivity index (χ0v) is 12.3. The monoisotopic (exact) mass is 359 g/mol. The number of nitrogens with two attached hydrogens (primary N) is 1. The molecule has 17 heavy (non-hydrogen) atoms. The first-order valence-electron chi connectivity index (χ1n) is 5.16. The summed E-state index contributed by atoms with van der Waals surface area (Å²) in [6, 6.07) is 5.59. The van der Waals surface area contributed by atoms with Gasteiger partial charge in [-0.05, 0) is 40.5 Å². The van der Waals surface area contributed by atoms with E-state index in [1.165, 1.54) is 0 Å². The van der Waals surface area contributed by atoms with E-state index in [1.54, 1.807) is 0 Å². The molecule has 0 saturated heterocycles. The van der Waals surface area contributed by atoms with Crippen molar-refractivity contribution in [2.75, 3.05) is 0 Å². The van der Waals surface area contributed by atoms with Crippen molar-refractivity contribution in [3.05, 3.63) is 33.0 Å². The standard InChI is InChI=1S/C11H11Br2N3O/c1-2-9(14)10-15-11(17-16-10)7-5-6(12)3-4-8(7)13/h3-5,9H,2,14H2,1H3. The molecule has 1 aromatic heterocycles. The van der Waals surface area contributed by atoms with Crippen LogP contribution in [0.5, 0.6) is 0 Å². The van der Waals surface area contributed by atoms with Crippen LogP contribution in [0.4, 0.5) is 0 Å². The van der Waals surface area contributed by atoms with Crippen LogP contribution in [-0.2, 0) is 0 Å². The van der Waals surface area contributed by atoms with Crippen LogP contribution < -0.4 is 5.73 Å². The zero-order chi connectivity index (χ0) is 12.4. The van der Waals surface area contributed by atoms with Crippen LogP contribution in [0.15, 0.2) is 31.7 Å². The van der Waals surface area contributed by atoms with E-state index >= 15 is 0 Å². The molecule has 2 N–H and O–H groups in total. The lowest BCUT2D eigenvalue weighted by atomic mass is 10.2. The molecule has 4 nitrogen and oxygen atoms in total. The van der Waals surface area contributed by atoms with Gasteiger partial charge in [0.25, 0.3) is 5.89 Å². The topological polar surface area (TPSA) is 64.9 Å². The molecule has 0 fully saturated rings. The second kappa shape index (κ2) is 5.29. The Morgan fingerprint density at radius 2 is 2.18 bits per heavy atom. The largest absolute Gasteiger partial charge is 0.334 e. The molecule has 0 aliphatic carbocycles. The molecule has 2 rings (SSSR count).